The van der Waals surface area contributed by atoms with Crippen molar-refractivity contribution in [3.63, 3.8) is 0 Å². The van der Waals surface area contributed by atoms with Gasteiger partial charge in [0.2, 0.25) is 0 Å². The highest BCUT2D eigenvalue weighted by atomic mass is 32.1. The Morgan fingerprint density at radius 3 is 2.06 bits per heavy atom. The number of aliphatic imine (C=N–C) groups is 1. The van der Waals surface area contributed by atoms with Gasteiger partial charge in [0.1, 0.15) is 10.8 Å². The minimum atomic E-state index is -0.238. The van der Waals surface area contributed by atoms with Crippen molar-refractivity contribution >= 4 is 44.2 Å². The summed E-state index contributed by atoms with van der Waals surface area (Å²) in [5.74, 6) is 0.266. The van der Waals surface area contributed by atoms with Gasteiger partial charge in [0, 0.05) is 33.9 Å². The molecule has 1 N–H and O–H groups in total. The Hall–Kier alpha value is -4.79. The van der Waals surface area contributed by atoms with Gasteiger partial charge in [-0.15, -0.1) is 11.3 Å². The topological polar surface area (TPSA) is 69.3 Å². The first-order valence-corrected chi connectivity index (χ1v) is 17.3. The molecule has 1 aromatic heterocycles. The Kier molecular flexibility index (Phi) is 8.30. The molecule has 0 atom stereocenters. The molecule has 6 aromatic rings. The molecule has 0 amide bonds. The number of thiazole rings is 1. The van der Waals surface area contributed by atoms with E-state index in [0.717, 1.165) is 59.5 Å². The van der Waals surface area contributed by atoms with E-state index >= 15 is 0 Å². The minimum Gasteiger partial charge on any atom is -0.507 e. The predicted molar refractivity (Wildman–Crippen MR) is 204 cm³/mol. The second kappa shape index (κ2) is 12.0. The molecule has 1 heterocycles. The van der Waals surface area contributed by atoms with E-state index in [1.165, 1.54) is 5.56 Å². The summed E-state index contributed by atoms with van der Waals surface area (Å²) in [6.45, 7) is 19.6. The highest BCUT2D eigenvalue weighted by Gasteiger charge is 2.25. The van der Waals surface area contributed by atoms with Crippen molar-refractivity contribution in [2.75, 3.05) is 0 Å². The average molecular weight is 650 g/mol. The van der Waals surface area contributed by atoms with Crippen LogP contribution in [-0.4, -0.2) is 16.3 Å². The molecule has 0 bridgehead atoms. The summed E-state index contributed by atoms with van der Waals surface area (Å²) in [7, 11) is 0. The van der Waals surface area contributed by atoms with E-state index in [-0.39, 0.29) is 22.0 Å². The van der Waals surface area contributed by atoms with E-state index in [4.69, 9.17) is 9.98 Å². The number of hydrogen-bond donors (Lipinski definition) is 1. The number of nitriles is 1. The fraction of sp³-hybridized carbons (Fsp3) is 0.279. The van der Waals surface area contributed by atoms with Gasteiger partial charge in [-0.1, -0.05) is 111 Å². The van der Waals surface area contributed by atoms with Crippen LogP contribution in [0.1, 0.15) is 90.1 Å². The molecule has 242 valence electrons. The Bertz CT molecular complexity index is 2250. The number of hydrogen-bond acceptors (Lipinski definition) is 5. The maximum absolute atomic E-state index is 11.5. The van der Waals surface area contributed by atoms with Crippen LogP contribution in [0.15, 0.2) is 89.9 Å². The first-order valence-electron chi connectivity index (χ1n) is 16.4. The smallest absolute Gasteiger partial charge is 0.128 e. The first kappa shape index (κ1) is 33.1. The molecule has 5 heteroatoms. The van der Waals surface area contributed by atoms with Gasteiger partial charge >= 0.3 is 0 Å². The van der Waals surface area contributed by atoms with Crippen molar-refractivity contribution < 1.29 is 5.11 Å². The number of phenolic OH excluding ortho intramolecular Hbond substituents is 1. The fourth-order valence-electron chi connectivity index (χ4n) is 5.98. The third-order valence-corrected chi connectivity index (χ3v) is 10.00. The molecule has 0 radical (unpaired) electrons. The zero-order chi connectivity index (χ0) is 34.6. The van der Waals surface area contributed by atoms with Gasteiger partial charge in [-0.2, -0.15) is 5.26 Å². The van der Waals surface area contributed by atoms with Crippen LogP contribution in [0.2, 0.25) is 0 Å². The molecule has 0 fully saturated rings. The van der Waals surface area contributed by atoms with Crippen LogP contribution in [0.4, 0.5) is 5.69 Å². The molecule has 0 aliphatic rings. The van der Waals surface area contributed by atoms with E-state index in [0.29, 0.717) is 11.1 Å². The molecular formula is C43H43N3OS. The summed E-state index contributed by atoms with van der Waals surface area (Å²) in [5, 5.41) is 23.9. The molecule has 5 aromatic carbocycles. The van der Waals surface area contributed by atoms with E-state index in [9.17, 15) is 10.4 Å². The first-order chi connectivity index (χ1) is 22.5. The van der Waals surface area contributed by atoms with Crippen LogP contribution in [0.3, 0.4) is 0 Å². The van der Waals surface area contributed by atoms with E-state index in [1.54, 1.807) is 11.3 Å². The molecule has 4 nitrogen and oxygen atoms in total. The van der Waals surface area contributed by atoms with Gasteiger partial charge in [-0.25, -0.2) is 4.98 Å². The van der Waals surface area contributed by atoms with Crippen LogP contribution < -0.4 is 0 Å². The normalized spacial score (nSPS) is 12.7. The Morgan fingerprint density at radius 1 is 0.750 bits per heavy atom. The lowest BCUT2D eigenvalue weighted by Gasteiger charge is -2.27. The Morgan fingerprint density at radius 2 is 1.42 bits per heavy atom. The molecule has 0 spiro atoms. The largest absolute Gasteiger partial charge is 0.507 e. The Labute approximate surface area is 288 Å². The van der Waals surface area contributed by atoms with Gasteiger partial charge in [0.15, 0.2) is 0 Å². The third-order valence-electron chi connectivity index (χ3n) is 8.96. The van der Waals surface area contributed by atoms with Crippen molar-refractivity contribution in [3.05, 3.63) is 113 Å². The minimum absolute atomic E-state index is 0.0619. The van der Waals surface area contributed by atoms with Crippen LogP contribution in [0.5, 0.6) is 5.75 Å². The predicted octanol–water partition coefficient (Wildman–Crippen LogP) is 12.0. The summed E-state index contributed by atoms with van der Waals surface area (Å²) in [5.41, 5.74) is 9.00. The van der Waals surface area contributed by atoms with Crippen molar-refractivity contribution in [3.8, 4) is 33.5 Å². The average Bonchev–Trinajstić information content (AvgIpc) is 3.46. The molecule has 48 heavy (non-hydrogen) atoms. The maximum Gasteiger partial charge on any atom is 0.128 e. The third kappa shape index (κ3) is 6.38. The molecule has 0 aliphatic carbocycles. The molecular weight excluding hydrogens is 607 g/mol. The SMILES string of the molecule is CC(C)(C)c1cc(C=Nc2c(-c3nc4c(-c5ccc(C#N)cc5)cc(C(C)(C)C)cc4s3)ccc3ccccc23)c(O)c(C(C)(C)C)c1. The molecule has 0 unspecified atom stereocenters. The van der Waals surface area contributed by atoms with Crippen LogP contribution in [-0.2, 0) is 16.2 Å². The number of aromatic nitrogens is 1. The second-order valence-electron chi connectivity index (χ2n) is 15.7. The van der Waals surface area contributed by atoms with Crippen LogP contribution in [0.25, 0.3) is 42.7 Å². The molecule has 0 saturated heterocycles. The zero-order valence-electron chi connectivity index (χ0n) is 29.4. The van der Waals surface area contributed by atoms with Gasteiger partial charge in [0.05, 0.1) is 27.5 Å². The van der Waals surface area contributed by atoms with Gasteiger partial charge in [0.25, 0.3) is 0 Å². The van der Waals surface area contributed by atoms with Crippen LogP contribution >= 0.6 is 11.3 Å². The summed E-state index contributed by atoms with van der Waals surface area (Å²) < 4.78 is 1.10. The highest BCUT2D eigenvalue weighted by Crippen LogP contribution is 2.44. The van der Waals surface area contributed by atoms with E-state index < -0.39 is 0 Å². The second-order valence-corrected chi connectivity index (χ2v) is 16.8. The van der Waals surface area contributed by atoms with Crippen molar-refractivity contribution in [2.45, 2.75) is 78.6 Å². The van der Waals surface area contributed by atoms with E-state index in [1.807, 2.05) is 42.6 Å². The van der Waals surface area contributed by atoms with Gasteiger partial charge in [-0.3, -0.25) is 4.99 Å². The number of nitrogens with zero attached hydrogens (tertiary/aromatic N) is 3. The molecule has 0 saturated carbocycles. The molecule has 6 rings (SSSR count). The highest BCUT2D eigenvalue weighted by molar-refractivity contribution is 7.21. The Balaban J connectivity index is 1.58. The van der Waals surface area contributed by atoms with Gasteiger partial charge in [-0.05, 0) is 74.7 Å². The summed E-state index contributed by atoms with van der Waals surface area (Å²) >= 11 is 1.67. The maximum atomic E-state index is 11.5. The zero-order valence-corrected chi connectivity index (χ0v) is 30.2. The monoisotopic (exact) mass is 649 g/mol. The quantitative estimate of drug-likeness (QED) is 0.193. The number of fused-ring (bicyclic) bond motifs is 2. The number of aromatic hydroxyl groups is 1. The van der Waals surface area contributed by atoms with Crippen molar-refractivity contribution in [2.24, 2.45) is 4.99 Å². The number of benzene rings is 5. The van der Waals surface area contributed by atoms with Crippen LogP contribution in [0, 0.1) is 11.3 Å². The van der Waals surface area contributed by atoms with Crippen molar-refractivity contribution in [1.82, 2.24) is 4.98 Å². The number of phenols is 1. The molecule has 0 aliphatic heterocycles. The number of rotatable bonds is 4. The summed E-state index contributed by atoms with van der Waals surface area (Å²) in [6, 6.07) is 31.2. The lowest BCUT2D eigenvalue weighted by molar-refractivity contribution is 0.444. The van der Waals surface area contributed by atoms with Crippen molar-refractivity contribution in [1.29, 1.82) is 5.26 Å². The lowest BCUT2D eigenvalue weighted by Crippen LogP contribution is -2.17. The summed E-state index contributed by atoms with van der Waals surface area (Å²) in [6.07, 6.45) is 1.82. The summed E-state index contributed by atoms with van der Waals surface area (Å²) in [4.78, 5) is 10.5. The van der Waals surface area contributed by atoms with Gasteiger partial charge < -0.3 is 5.11 Å². The lowest BCUT2D eigenvalue weighted by atomic mass is 9.79. The standard InChI is InChI=1S/C43H43N3OS/c1-41(2,3)30-20-29(39(47)35(22-30)43(7,8)9)25-45-37-32-13-11-10-12-27(32)18-19-33(37)40-46-38-34(28-16-14-26(24-44)15-17-28)21-31(42(4,5)6)23-36(38)48-40/h10-23,25,47H,1-9H3. The fourth-order valence-corrected chi connectivity index (χ4v) is 7.04. The van der Waals surface area contributed by atoms with E-state index in [2.05, 4.69) is 117 Å².